The number of hydrogen-bond acceptors (Lipinski definition) is 4. The van der Waals surface area contributed by atoms with E-state index in [1.807, 2.05) is 57.1 Å². The predicted molar refractivity (Wildman–Crippen MR) is 122 cm³/mol. The monoisotopic (exact) mass is 409 g/mol. The standard InChI is InChI=1S/C22H31N5OSi/c1-25(2)18-14-12-17(13-15-18)22(16-29(5,6)7,21(28)26(3)4)27-20-11-9-8-10-19(20)23-24-27/h8-15H,16H2,1-7H3. The van der Waals surface area contributed by atoms with Crippen molar-refractivity contribution < 1.29 is 4.79 Å². The highest BCUT2D eigenvalue weighted by Crippen LogP contribution is 2.39. The highest BCUT2D eigenvalue weighted by molar-refractivity contribution is 6.76. The minimum atomic E-state index is -1.71. The van der Waals surface area contributed by atoms with Gasteiger partial charge in [-0.05, 0) is 35.9 Å². The van der Waals surface area contributed by atoms with Gasteiger partial charge >= 0.3 is 0 Å². The summed E-state index contributed by atoms with van der Waals surface area (Å²) in [6, 6.07) is 16.8. The summed E-state index contributed by atoms with van der Waals surface area (Å²) in [5.74, 6) is 0.0215. The van der Waals surface area contributed by atoms with Crippen molar-refractivity contribution in [1.82, 2.24) is 19.9 Å². The zero-order valence-electron chi connectivity index (χ0n) is 18.5. The summed E-state index contributed by atoms with van der Waals surface area (Å²) in [6.45, 7) is 6.87. The Morgan fingerprint density at radius 2 is 1.62 bits per heavy atom. The lowest BCUT2D eigenvalue weighted by atomic mass is 9.89. The molecule has 0 aliphatic heterocycles. The van der Waals surface area contributed by atoms with E-state index in [1.54, 1.807) is 4.90 Å². The van der Waals surface area contributed by atoms with Gasteiger partial charge in [0.25, 0.3) is 5.91 Å². The van der Waals surface area contributed by atoms with Gasteiger partial charge in [0, 0.05) is 42.0 Å². The van der Waals surface area contributed by atoms with Gasteiger partial charge < -0.3 is 9.80 Å². The smallest absolute Gasteiger partial charge is 0.254 e. The van der Waals surface area contributed by atoms with E-state index < -0.39 is 13.6 Å². The van der Waals surface area contributed by atoms with Gasteiger partial charge in [0.2, 0.25) is 0 Å². The molecule has 0 aliphatic rings. The largest absolute Gasteiger partial charge is 0.378 e. The van der Waals surface area contributed by atoms with Crippen LogP contribution in [0.5, 0.6) is 0 Å². The molecule has 3 rings (SSSR count). The van der Waals surface area contributed by atoms with E-state index in [9.17, 15) is 4.79 Å². The Bertz CT molecular complexity index is 1000. The fraction of sp³-hybridized carbons (Fsp3) is 0.409. The van der Waals surface area contributed by atoms with E-state index in [0.717, 1.165) is 28.3 Å². The Balaban J connectivity index is 2.35. The van der Waals surface area contributed by atoms with Crippen molar-refractivity contribution >= 4 is 30.7 Å². The molecule has 3 aromatic rings. The molecule has 0 aliphatic carbocycles. The van der Waals surface area contributed by atoms with Crippen LogP contribution in [0.1, 0.15) is 5.56 Å². The lowest BCUT2D eigenvalue weighted by molar-refractivity contribution is -0.135. The van der Waals surface area contributed by atoms with Crippen molar-refractivity contribution in [2.75, 3.05) is 33.1 Å². The normalized spacial score (nSPS) is 13.9. The molecule has 0 fully saturated rings. The average Bonchev–Trinajstić information content (AvgIpc) is 3.09. The number of nitrogens with zero attached hydrogens (tertiary/aromatic N) is 5. The zero-order valence-corrected chi connectivity index (χ0v) is 19.5. The van der Waals surface area contributed by atoms with Gasteiger partial charge in [-0.15, -0.1) is 5.10 Å². The van der Waals surface area contributed by atoms with Crippen molar-refractivity contribution in [1.29, 1.82) is 0 Å². The van der Waals surface area contributed by atoms with Crippen LogP contribution in [0.25, 0.3) is 11.0 Å². The summed E-state index contributed by atoms with van der Waals surface area (Å²) in [7, 11) is 5.95. The van der Waals surface area contributed by atoms with Crippen molar-refractivity contribution in [3.05, 3.63) is 54.1 Å². The van der Waals surface area contributed by atoms with Crippen LogP contribution in [0.2, 0.25) is 25.7 Å². The summed E-state index contributed by atoms with van der Waals surface area (Å²) in [6.07, 6.45) is 0. The van der Waals surface area contributed by atoms with Gasteiger partial charge in [-0.1, -0.05) is 49.1 Å². The number of likely N-dealkylation sites (N-methyl/N-ethyl adjacent to an activating group) is 1. The van der Waals surface area contributed by atoms with Crippen molar-refractivity contribution in [2.45, 2.75) is 31.2 Å². The third-order valence-corrected chi connectivity index (χ3v) is 6.69. The summed E-state index contributed by atoms with van der Waals surface area (Å²) in [5.41, 5.74) is 2.77. The van der Waals surface area contributed by atoms with Gasteiger partial charge in [0.15, 0.2) is 5.54 Å². The number of para-hydroxylation sites is 1. The first-order valence-corrected chi connectivity index (χ1v) is 13.6. The lowest BCUT2D eigenvalue weighted by Gasteiger charge is -2.39. The summed E-state index contributed by atoms with van der Waals surface area (Å²) < 4.78 is 1.85. The van der Waals surface area contributed by atoms with E-state index >= 15 is 0 Å². The number of hydrogen-bond donors (Lipinski definition) is 0. The molecule has 0 saturated heterocycles. The lowest BCUT2D eigenvalue weighted by Crippen LogP contribution is -2.53. The topological polar surface area (TPSA) is 54.3 Å². The predicted octanol–water partition coefficient (Wildman–Crippen LogP) is 3.67. The molecule has 0 radical (unpaired) electrons. The third kappa shape index (κ3) is 3.92. The summed E-state index contributed by atoms with van der Waals surface area (Å²) >= 11 is 0. The Kier molecular flexibility index (Phi) is 5.54. The van der Waals surface area contributed by atoms with Crippen LogP contribution in [0.15, 0.2) is 48.5 Å². The first kappa shape index (κ1) is 21.0. The van der Waals surface area contributed by atoms with Gasteiger partial charge in [-0.3, -0.25) is 4.79 Å². The maximum Gasteiger partial charge on any atom is 0.254 e. The number of carbonyl (C=O) groups is 1. The molecule has 1 unspecified atom stereocenters. The molecule has 1 aromatic heterocycles. The van der Waals surface area contributed by atoms with Gasteiger partial charge in [-0.2, -0.15) is 0 Å². The number of rotatable bonds is 6. The summed E-state index contributed by atoms with van der Waals surface area (Å²) in [5, 5.41) is 8.90. The number of aromatic nitrogens is 3. The fourth-order valence-electron chi connectivity index (χ4n) is 3.91. The van der Waals surface area contributed by atoms with E-state index in [4.69, 9.17) is 0 Å². The molecule has 1 amide bonds. The first-order chi connectivity index (χ1) is 13.6. The SMILES string of the molecule is CN(C)C(=O)C(C[Si](C)(C)C)(c1ccc(N(C)C)cc1)n1nnc2ccccc21. The van der Waals surface area contributed by atoms with E-state index in [2.05, 4.69) is 59.1 Å². The molecule has 7 heteroatoms. The minimum absolute atomic E-state index is 0.0215. The fourth-order valence-corrected chi connectivity index (χ4v) is 5.95. The molecule has 0 saturated carbocycles. The highest BCUT2D eigenvalue weighted by Gasteiger charge is 2.48. The van der Waals surface area contributed by atoms with Gasteiger partial charge in [0.05, 0.1) is 5.52 Å². The molecule has 2 aromatic carbocycles. The number of fused-ring (bicyclic) bond motifs is 1. The molecule has 0 bridgehead atoms. The Labute approximate surface area is 174 Å². The van der Waals surface area contributed by atoms with Crippen LogP contribution in [-0.2, 0) is 10.3 Å². The molecule has 0 N–H and O–H groups in total. The Morgan fingerprint density at radius 1 is 1.00 bits per heavy atom. The van der Waals surface area contributed by atoms with Crippen molar-refractivity contribution in [3.63, 3.8) is 0 Å². The third-order valence-electron chi connectivity index (χ3n) is 5.12. The second-order valence-corrected chi connectivity index (χ2v) is 14.7. The van der Waals surface area contributed by atoms with Crippen molar-refractivity contribution in [2.24, 2.45) is 0 Å². The highest BCUT2D eigenvalue weighted by atomic mass is 28.3. The van der Waals surface area contributed by atoms with Crippen LogP contribution in [0.3, 0.4) is 0 Å². The van der Waals surface area contributed by atoms with Crippen LogP contribution in [0, 0.1) is 0 Å². The Hall–Kier alpha value is -2.67. The molecule has 1 atom stereocenters. The Morgan fingerprint density at radius 3 is 2.17 bits per heavy atom. The van der Waals surface area contributed by atoms with E-state index in [-0.39, 0.29) is 5.91 Å². The second-order valence-electron chi connectivity index (χ2n) is 9.23. The van der Waals surface area contributed by atoms with E-state index in [0.29, 0.717) is 0 Å². The van der Waals surface area contributed by atoms with Gasteiger partial charge in [0.1, 0.15) is 5.52 Å². The van der Waals surface area contributed by atoms with Crippen LogP contribution >= 0.6 is 0 Å². The molecule has 29 heavy (non-hydrogen) atoms. The molecule has 6 nitrogen and oxygen atoms in total. The molecule has 1 heterocycles. The average molecular weight is 410 g/mol. The maximum atomic E-state index is 13.9. The maximum absolute atomic E-state index is 13.9. The first-order valence-electron chi connectivity index (χ1n) is 9.87. The molecular weight excluding hydrogens is 378 g/mol. The molecule has 154 valence electrons. The summed E-state index contributed by atoms with van der Waals surface area (Å²) in [4.78, 5) is 17.6. The number of anilines is 1. The van der Waals surface area contributed by atoms with E-state index in [1.165, 1.54) is 0 Å². The van der Waals surface area contributed by atoms with Gasteiger partial charge in [-0.25, -0.2) is 4.68 Å². The van der Waals surface area contributed by atoms with Crippen LogP contribution in [-0.4, -0.2) is 62.1 Å². The number of amides is 1. The molecular formula is C22H31N5OSi. The van der Waals surface area contributed by atoms with Crippen LogP contribution < -0.4 is 4.90 Å². The quantitative estimate of drug-likeness (QED) is 0.583. The molecule has 0 spiro atoms. The zero-order chi connectivity index (χ0) is 21.4. The second kappa shape index (κ2) is 7.63. The minimum Gasteiger partial charge on any atom is -0.378 e. The van der Waals surface area contributed by atoms with Crippen LogP contribution in [0.4, 0.5) is 5.69 Å². The number of benzene rings is 2. The number of carbonyl (C=O) groups excluding carboxylic acids is 1. The van der Waals surface area contributed by atoms with Crippen molar-refractivity contribution in [3.8, 4) is 0 Å².